The smallest absolute Gasteiger partial charge is 0.337 e. The van der Waals surface area contributed by atoms with Crippen molar-refractivity contribution in [2.75, 3.05) is 0 Å². The minimum Gasteiger partial charge on any atom is -0.478 e. The number of aromatic nitrogens is 2. The third-order valence-corrected chi connectivity index (χ3v) is 2.27. The zero-order valence-electron chi connectivity index (χ0n) is 8.71. The van der Waals surface area contributed by atoms with E-state index >= 15 is 0 Å². The lowest BCUT2D eigenvalue weighted by Gasteiger charge is -2.06. The van der Waals surface area contributed by atoms with Crippen LogP contribution in [0.5, 0.6) is 0 Å². The van der Waals surface area contributed by atoms with Crippen LogP contribution in [0.25, 0.3) is 11.4 Å². The van der Waals surface area contributed by atoms with Crippen LogP contribution in [-0.4, -0.2) is 21.0 Å². The van der Waals surface area contributed by atoms with Gasteiger partial charge in [-0.25, -0.2) is 4.79 Å². The Bertz CT molecular complexity index is 538. The third-order valence-electron chi connectivity index (χ3n) is 2.27. The predicted molar refractivity (Wildman–Crippen MR) is 59.2 cm³/mol. The largest absolute Gasteiger partial charge is 0.478 e. The van der Waals surface area contributed by atoms with Gasteiger partial charge in [-0.3, -0.25) is 9.97 Å². The number of carboxylic acids is 1. The fraction of sp³-hybridized carbons (Fsp3) is 0.0833. The zero-order chi connectivity index (χ0) is 11.5. The predicted octanol–water partition coefficient (Wildman–Crippen LogP) is 2.15. The number of carbonyl (C=O) groups is 1. The van der Waals surface area contributed by atoms with Crippen LogP contribution in [0, 0.1) is 6.92 Å². The minimum atomic E-state index is -0.992. The topological polar surface area (TPSA) is 63.1 Å². The lowest BCUT2D eigenvalue weighted by Crippen LogP contribution is -2.02. The van der Waals surface area contributed by atoms with E-state index < -0.39 is 5.97 Å². The molecule has 0 amide bonds. The van der Waals surface area contributed by atoms with Crippen molar-refractivity contribution in [1.29, 1.82) is 0 Å². The second kappa shape index (κ2) is 4.10. The van der Waals surface area contributed by atoms with Crippen LogP contribution >= 0.6 is 0 Å². The SMILES string of the molecule is Cc1cccnc1-c1ncccc1C(=O)O. The molecule has 2 aromatic heterocycles. The Balaban J connectivity index is 2.65. The molecule has 0 bridgehead atoms. The van der Waals surface area contributed by atoms with E-state index in [1.807, 2.05) is 19.1 Å². The number of carboxylic acid groups (broad SMARTS) is 1. The monoisotopic (exact) mass is 214 g/mol. The van der Waals surface area contributed by atoms with Crippen LogP contribution < -0.4 is 0 Å². The molecule has 16 heavy (non-hydrogen) atoms. The summed E-state index contributed by atoms with van der Waals surface area (Å²) in [5, 5.41) is 9.05. The Labute approximate surface area is 92.6 Å². The summed E-state index contributed by atoms with van der Waals surface area (Å²) in [5.41, 5.74) is 2.10. The molecule has 4 nitrogen and oxygen atoms in total. The lowest BCUT2D eigenvalue weighted by molar-refractivity contribution is 0.0697. The second-order valence-electron chi connectivity index (χ2n) is 3.37. The first-order chi connectivity index (χ1) is 7.70. The molecule has 2 aromatic rings. The van der Waals surface area contributed by atoms with Gasteiger partial charge in [0.2, 0.25) is 0 Å². The van der Waals surface area contributed by atoms with Gasteiger partial charge in [-0.05, 0) is 30.7 Å². The molecule has 0 spiro atoms. The molecule has 0 saturated heterocycles. The van der Waals surface area contributed by atoms with Gasteiger partial charge in [-0.2, -0.15) is 0 Å². The summed E-state index contributed by atoms with van der Waals surface area (Å²) in [6.07, 6.45) is 3.19. The lowest BCUT2D eigenvalue weighted by atomic mass is 10.1. The Hall–Kier alpha value is -2.23. The summed E-state index contributed by atoms with van der Waals surface area (Å²) in [6.45, 7) is 1.88. The summed E-state index contributed by atoms with van der Waals surface area (Å²) in [4.78, 5) is 19.3. The van der Waals surface area contributed by atoms with E-state index in [0.29, 0.717) is 11.4 Å². The van der Waals surface area contributed by atoms with Crippen molar-refractivity contribution in [3.63, 3.8) is 0 Å². The van der Waals surface area contributed by atoms with Gasteiger partial charge >= 0.3 is 5.97 Å². The standard InChI is InChI=1S/C12H10N2O2/c1-8-4-2-6-13-10(8)11-9(12(15)16)5-3-7-14-11/h2-7H,1H3,(H,15,16). The highest BCUT2D eigenvalue weighted by Gasteiger charge is 2.14. The van der Waals surface area contributed by atoms with Gasteiger partial charge < -0.3 is 5.11 Å². The van der Waals surface area contributed by atoms with Crippen LogP contribution in [0.1, 0.15) is 15.9 Å². The van der Waals surface area contributed by atoms with Gasteiger partial charge in [0.05, 0.1) is 11.3 Å². The molecular weight excluding hydrogens is 204 g/mol. The van der Waals surface area contributed by atoms with Crippen LogP contribution in [0.3, 0.4) is 0 Å². The zero-order valence-corrected chi connectivity index (χ0v) is 8.71. The molecule has 1 N–H and O–H groups in total. The van der Waals surface area contributed by atoms with E-state index in [9.17, 15) is 4.79 Å². The van der Waals surface area contributed by atoms with Crippen LogP contribution in [0.2, 0.25) is 0 Å². The normalized spacial score (nSPS) is 10.1. The Morgan fingerprint density at radius 3 is 2.38 bits per heavy atom. The molecule has 0 aliphatic heterocycles. The van der Waals surface area contributed by atoms with Crippen LogP contribution in [-0.2, 0) is 0 Å². The molecule has 80 valence electrons. The maximum atomic E-state index is 11.0. The Morgan fingerprint density at radius 2 is 1.75 bits per heavy atom. The summed E-state index contributed by atoms with van der Waals surface area (Å²) in [6, 6.07) is 6.81. The maximum absolute atomic E-state index is 11.0. The molecule has 0 aromatic carbocycles. The van der Waals surface area contributed by atoms with E-state index in [0.717, 1.165) is 5.56 Å². The van der Waals surface area contributed by atoms with Gasteiger partial charge in [0.25, 0.3) is 0 Å². The van der Waals surface area contributed by atoms with Crippen molar-refractivity contribution in [2.45, 2.75) is 6.92 Å². The van der Waals surface area contributed by atoms with E-state index in [2.05, 4.69) is 9.97 Å². The molecule has 0 aliphatic rings. The molecule has 0 atom stereocenters. The highest BCUT2D eigenvalue weighted by Crippen LogP contribution is 2.21. The first-order valence-corrected chi connectivity index (χ1v) is 4.80. The van der Waals surface area contributed by atoms with Gasteiger partial charge in [0, 0.05) is 12.4 Å². The number of hydrogen-bond donors (Lipinski definition) is 1. The molecule has 0 saturated carbocycles. The number of pyridine rings is 2. The van der Waals surface area contributed by atoms with Crippen molar-refractivity contribution in [2.24, 2.45) is 0 Å². The molecule has 2 heterocycles. The summed E-state index contributed by atoms with van der Waals surface area (Å²) < 4.78 is 0. The molecular formula is C12H10N2O2. The highest BCUT2D eigenvalue weighted by molar-refractivity contribution is 5.94. The Kier molecular flexibility index (Phi) is 2.64. The average Bonchev–Trinajstić information content (AvgIpc) is 2.29. The second-order valence-corrected chi connectivity index (χ2v) is 3.37. The van der Waals surface area contributed by atoms with E-state index in [4.69, 9.17) is 5.11 Å². The van der Waals surface area contributed by atoms with Gasteiger partial charge in [0.1, 0.15) is 5.69 Å². The summed E-state index contributed by atoms with van der Waals surface area (Å²) in [7, 11) is 0. The average molecular weight is 214 g/mol. The summed E-state index contributed by atoms with van der Waals surface area (Å²) >= 11 is 0. The number of nitrogens with zero attached hydrogens (tertiary/aromatic N) is 2. The fourth-order valence-electron chi connectivity index (χ4n) is 1.50. The van der Waals surface area contributed by atoms with Gasteiger partial charge in [0.15, 0.2) is 0 Å². The van der Waals surface area contributed by atoms with E-state index in [1.165, 1.54) is 6.07 Å². The van der Waals surface area contributed by atoms with Crippen molar-refractivity contribution in [3.8, 4) is 11.4 Å². The van der Waals surface area contributed by atoms with Crippen molar-refractivity contribution >= 4 is 5.97 Å². The Morgan fingerprint density at radius 1 is 1.12 bits per heavy atom. The molecule has 4 heteroatoms. The molecule has 2 rings (SSSR count). The summed E-state index contributed by atoms with van der Waals surface area (Å²) in [5.74, 6) is -0.992. The third kappa shape index (κ3) is 1.77. The van der Waals surface area contributed by atoms with Crippen molar-refractivity contribution < 1.29 is 9.90 Å². The number of aromatic carboxylic acids is 1. The van der Waals surface area contributed by atoms with Crippen LogP contribution in [0.15, 0.2) is 36.7 Å². The number of rotatable bonds is 2. The van der Waals surface area contributed by atoms with E-state index in [-0.39, 0.29) is 5.56 Å². The first-order valence-electron chi connectivity index (χ1n) is 4.80. The van der Waals surface area contributed by atoms with Crippen LogP contribution in [0.4, 0.5) is 0 Å². The maximum Gasteiger partial charge on any atom is 0.337 e. The molecule has 0 aliphatic carbocycles. The van der Waals surface area contributed by atoms with Gasteiger partial charge in [-0.15, -0.1) is 0 Å². The molecule has 0 radical (unpaired) electrons. The van der Waals surface area contributed by atoms with Gasteiger partial charge in [-0.1, -0.05) is 6.07 Å². The van der Waals surface area contributed by atoms with E-state index in [1.54, 1.807) is 18.5 Å². The molecule has 0 unspecified atom stereocenters. The fourth-order valence-corrected chi connectivity index (χ4v) is 1.50. The quantitative estimate of drug-likeness (QED) is 0.831. The number of aryl methyl sites for hydroxylation is 1. The number of hydrogen-bond acceptors (Lipinski definition) is 3. The first kappa shape index (κ1) is 10.3. The highest BCUT2D eigenvalue weighted by atomic mass is 16.4. The van der Waals surface area contributed by atoms with Crippen molar-refractivity contribution in [3.05, 3.63) is 47.8 Å². The molecule has 0 fully saturated rings. The minimum absolute atomic E-state index is 0.171. The van der Waals surface area contributed by atoms with Crippen molar-refractivity contribution in [1.82, 2.24) is 9.97 Å².